The Morgan fingerprint density at radius 1 is 1.07 bits per heavy atom. The summed E-state index contributed by atoms with van der Waals surface area (Å²) >= 11 is 15.6. The van der Waals surface area contributed by atoms with Crippen molar-refractivity contribution in [3.63, 3.8) is 0 Å². The second-order valence-electron chi connectivity index (χ2n) is 6.25. The van der Waals surface area contributed by atoms with Crippen molar-refractivity contribution in [2.24, 2.45) is 0 Å². The van der Waals surface area contributed by atoms with E-state index in [9.17, 15) is 5.26 Å². The second-order valence-corrected chi connectivity index (χ2v) is 7.95. The zero-order chi connectivity index (χ0) is 20.1. The van der Waals surface area contributed by atoms with Gasteiger partial charge in [0.15, 0.2) is 0 Å². The van der Waals surface area contributed by atoms with Gasteiger partial charge in [-0.1, -0.05) is 65.2 Å². The standard InChI is InChI=1S/C23H16BrCl2NO/c1-15-2-5-17(6-3-15)19(13-27)10-16-4-9-23(21(24)11-16)28-14-18-7-8-20(25)12-22(18)26/h2-12H,14H2,1H3/b19-10+. The summed E-state index contributed by atoms with van der Waals surface area (Å²) in [6, 6.07) is 21.2. The molecule has 0 aliphatic heterocycles. The molecular weight excluding hydrogens is 457 g/mol. The molecule has 3 rings (SSSR count). The van der Waals surface area contributed by atoms with Crippen LogP contribution in [-0.2, 0) is 6.61 Å². The van der Waals surface area contributed by atoms with Crippen LogP contribution >= 0.6 is 39.1 Å². The van der Waals surface area contributed by atoms with Gasteiger partial charge < -0.3 is 4.74 Å². The zero-order valence-electron chi connectivity index (χ0n) is 15.0. The second kappa shape index (κ2) is 9.30. The van der Waals surface area contributed by atoms with Gasteiger partial charge in [0.05, 0.1) is 16.1 Å². The quantitative estimate of drug-likeness (QED) is 0.281. The normalized spacial score (nSPS) is 11.2. The predicted octanol–water partition coefficient (Wildman–Crippen LogP) is 7.71. The Balaban J connectivity index is 1.78. The third-order valence-electron chi connectivity index (χ3n) is 4.15. The third kappa shape index (κ3) is 5.17. The fraction of sp³-hybridized carbons (Fsp3) is 0.0870. The summed E-state index contributed by atoms with van der Waals surface area (Å²) in [5, 5.41) is 10.7. The monoisotopic (exact) mass is 471 g/mol. The molecule has 0 aliphatic carbocycles. The van der Waals surface area contributed by atoms with Crippen LogP contribution in [0, 0.1) is 18.3 Å². The number of benzene rings is 3. The lowest BCUT2D eigenvalue weighted by molar-refractivity contribution is 0.304. The molecule has 0 saturated heterocycles. The lowest BCUT2D eigenvalue weighted by atomic mass is 10.0. The van der Waals surface area contributed by atoms with Crippen LogP contribution in [0.5, 0.6) is 5.75 Å². The van der Waals surface area contributed by atoms with Crippen molar-refractivity contribution in [3.05, 3.63) is 97.4 Å². The minimum atomic E-state index is 0.330. The topological polar surface area (TPSA) is 33.0 Å². The van der Waals surface area contributed by atoms with Crippen LogP contribution in [0.25, 0.3) is 11.6 Å². The molecule has 0 fully saturated rings. The van der Waals surface area contributed by atoms with Crippen LogP contribution in [0.4, 0.5) is 0 Å². The number of nitriles is 1. The number of rotatable bonds is 5. The van der Waals surface area contributed by atoms with Crippen molar-refractivity contribution in [3.8, 4) is 11.8 Å². The van der Waals surface area contributed by atoms with Crippen LogP contribution in [0.2, 0.25) is 10.0 Å². The molecule has 0 spiro atoms. The molecule has 0 atom stereocenters. The molecule has 0 radical (unpaired) electrons. The summed E-state index contributed by atoms with van der Waals surface area (Å²) in [4.78, 5) is 0. The van der Waals surface area contributed by atoms with E-state index in [1.54, 1.807) is 12.1 Å². The van der Waals surface area contributed by atoms with Gasteiger partial charge in [-0.2, -0.15) is 5.26 Å². The number of allylic oxidation sites excluding steroid dienone is 1. The van der Waals surface area contributed by atoms with Gasteiger partial charge >= 0.3 is 0 Å². The molecule has 3 aromatic rings. The highest BCUT2D eigenvalue weighted by Gasteiger charge is 2.07. The van der Waals surface area contributed by atoms with Gasteiger partial charge in [0.1, 0.15) is 12.4 Å². The number of ether oxygens (including phenoxy) is 1. The van der Waals surface area contributed by atoms with Crippen LogP contribution in [-0.4, -0.2) is 0 Å². The van der Waals surface area contributed by atoms with Crippen LogP contribution in [0.1, 0.15) is 22.3 Å². The van der Waals surface area contributed by atoms with Crippen molar-refractivity contribution in [1.29, 1.82) is 5.26 Å². The Morgan fingerprint density at radius 3 is 2.46 bits per heavy atom. The molecule has 0 amide bonds. The summed E-state index contributed by atoms with van der Waals surface area (Å²) in [5.41, 5.74) is 4.41. The van der Waals surface area contributed by atoms with E-state index in [0.29, 0.717) is 28.0 Å². The molecule has 28 heavy (non-hydrogen) atoms. The molecule has 2 nitrogen and oxygen atoms in total. The van der Waals surface area contributed by atoms with E-state index in [1.807, 2.05) is 61.5 Å². The molecule has 0 bridgehead atoms. The number of halogens is 3. The van der Waals surface area contributed by atoms with E-state index in [-0.39, 0.29) is 0 Å². The number of hydrogen-bond acceptors (Lipinski definition) is 2. The Morgan fingerprint density at radius 2 is 1.82 bits per heavy atom. The molecule has 0 aromatic heterocycles. The third-order valence-corrected chi connectivity index (χ3v) is 5.35. The summed E-state index contributed by atoms with van der Waals surface area (Å²) in [6.45, 7) is 2.35. The Bertz CT molecular complexity index is 1070. The number of aryl methyl sites for hydroxylation is 1. The molecular formula is C23H16BrCl2NO. The van der Waals surface area contributed by atoms with Crippen LogP contribution in [0.15, 0.2) is 65.1 Å². The fourth-order valence-corrected chi connectivity index (χ4v) is 3.57. The Kier molecular flexibility index (Phi) is 6.80. The summed E-state index contributed by atoms with van der Waals surface area (Å²) in [6.07, 6.45) is 1.86. The summed E-state index contributed by atoms with van der Waals surface area (Å²) in [7, 11) is 0. The van der Waals surface area contributed by atoms with Gasteiger partial charge in [0.25, 0.3) is 0 Å². The first-order valence-electron chi connectivity index (χ1n) is 8.51. The van der Waals surface area contributed by atoms with Gasteiger partial charge in [0.2, 0.25) is 0 Å². The first-order valence-corrected chi connectivity index (χ1v) is 10.1. The van der Waals surface area contributed by atoms with E-state index in [4.69, 9.17) is 27.9 Å². The van der Waals surface area contributed by atoms with Gasteiger partial charge in [-0.05, 0) is 64.3 Å². The lowest BCUT2D eigenvalue weighted by Gasteiger charge is -2.10. The van der Waals surface area contributed by atoms with Crippen molar-refractivity contribution in [2.75, 3.05) is 0 Å². The van der Waals surface area contributed by atoms with Crippen molar-refractivity contribution in [2.45, 2.75) is 13.5 Å². The lowest BCUT2D eigenvalue weighted by Crippen LogP contribution is -1.97. The maximum absolute atomic E-state index is 9.51. The van der Waals surface area contributed by atoms with Gasteiger partial charge in [-0.15, -0.1) is 0 Å². The fourth-order valence-electron chi connectivity index (χ4n) is 2.60. The molecule has 0 heterocycles. The largest absolute Gasteiger partial charge is 0.488 e. The molecule has 0 unspecified atom stereocenters. The van der Waals surface area contributed by atoms with E-state index >= 15 is 0 Å². The van der Waals surface area contributed by atoms with Gasteiger partial charge in [-0.3, -0.25) is 0 Å². The molecule has 0 aliphatic rings. The minimum Gasteiger partial charge on any atom is -0.488 e. The van der Waals surface area contributed by atoms with Gasteiger partial charge in [-0.25, -0.2) is 0 Å². The SMILES string of the molecule is Cc1ccc(/C(C#N)=C/c2ccc(OCc3ccc(Cl)cc3Cl)c(Br)c2)cc1. The highest BCUT2D eigenvalue weighted by atomic mass is 79.9. The number of nitrogens with zero attached hydrogens (tertiary/aromatic N) is 1. The molecule has 140 valence electrons. The van der Waals surface area contributed by atoms with Crippen molar-refractivity contribution >= 4 is 50.8 Å². The van der Waals surface area contributed by atoms with E-state index in [1.165, 1.54) is 0 Å². The predicted molar refractivity (Wildman–Crippen MR) is 120 cm³/mol. The van der Waals surface area contributed by atoms with E-state index in [2.05, 4.69) is 22.0 Å². The van der Waals surface area contributed by atoms with Crippen molar-refractivity contribution < 1.29 is 4.74 Å². The summed E-state index contributed by atoms with van der Waals surface area (Å²) < 4.78 is 6.67. The Labute approximate surface area is 183 Å². The first kappa shape index (κ1) is 20.5. The first-order chi connectivity index (χ1) is 13.5. The van der Waals surface area contributed by atoms with Crippen LogP contribution < -0.4 is 4.74 Å². The smallest absolute Gasteiger partial charge is 0.134 e. The average Bonchev–Trinajstić information content (AvgIpc) is 2.67. The average molecular weight is 473 g/mol. The zero-order valence-corrected chi connectivity index (χ0v) is 18.1. The highest BCUT2D eigenvalue weighted by Crippen LogP contribution is 2.30. The Hall–Kier alpha value is -2.25. The van der Waals surface area contributed by atoms with Crippen LogP contribution in [0.3, 0.4) is 0 Å². The molecule has 3 aromatic carbocycles. The molecule has 0 saturated carbocycles. The minimum absolute atomic E-state index is 0.330. The molecule has 5 heteroatoms. The highest BCUT2D eigenvalue weighted by molar-refractivity contribution is 9.10. The van der Waals surface area contributed by atoms with E-state index in [0.717, 1.165) is 26.7 Å². The number of hydrogen-bond donors (Lipinski definition) is 0. The summed E-state index contributed by atoms with van der Waals surface area (Å²) in [5.74, 6) is 0.692. The van der Waals surface area contributed by atoms with Gasteiger partial charge in [0, 0.05) is 15.6 Å². The maximum atomic E-state index is 9.51. The maximum Gasteiger partial charge on any atom is 0.134 e. The van der Waals surface area contributed by atoms with Crippen molar-refractivity contribution in [1.82, 2.24) is 0 Å². The van der Waals surface area contributed by atoms with E-state index < -0.39 is 0 Å². The molecule has 0 N–H and O–H groups in total.